The van der Waals surface area contributed by atoms with Gasteiger partial charge in [-0.05, 0) is 37.7 Å². The maximum atomic E-state index is 5.93. The zero-order chi connectivity index (χ0) is 13.7. The highest BCUT2D eigenvalue weighted by atomic mass is 79.9. The molecular formula is C16H18BrNO. The number of para-hydroxylation sites is 1. The zero-order valence-corrected chi connectivity index (χ0v) is 12.8. The molecule has 0 fully saturated rings. The van der Waals surface area contributed by atoms with Gasteiger partial charge in [0, 0.05) is 16.1 Å². The molecule has 0 spiro atoms. The zero-order valence-electron chi connectivity index (χ0n) is 11.2. The van der Waals surface area contributed by atoms with Crippen molar-refractivity contribution in [1.29, 1.82) is 0 Å². The van der Waals surface area contributed by atoms with Crippen LogP contribution in [0.4, 0.5) is 0 Å². The highest BCUT2D eigenvalue weighted by Gasteiger charge is 2.09. The van der Waals surface area contributed by atoms with Crippen molar-refractivity contribution in [2.75, 3.05) is 7.05 Å². The predicted octanol–water partition coefficient (Wildman–Crippen LogP) is 4.31. The molecule has 0 saturated carbocycles. The van der Waals surface area contributed by atoms with Crippen LogP contribution in [0.5, 0.6) is 5.75 Å². The summed E-state index contributed by atoms with van der Waals surface area (Å²) in [6, 6.07) is 16.6. The standard InChI is InChI=1S/C16H18BrNO/c1-12(18-2)15-5-3-4-6-16(15)19-11-13-7-9-14(17)10-8-13/h3-10,12,18H,11H2,1-2H3. The Morgan fingerprint density at radius 2 is 1.79 bits per heavy atom. The molecule has 2 nitrogen and oxygen atoms in total. The van der Waals surface area contributed by atoms with Crippen molar-refractivity contribution in [3.8, 4) is 5.75 Å². The topological polar surface area (TPSA) is 21.3 Å². The first kappa shape index (κ1) is 14.1. The fourth-order valence-corrected chi connectivity index (χ4v) is 2.13. The highest BCUT2D eigenvalue weighted by Crippen LogP contribution is 2.25. The van der Waals surface area contributed by atoms with Crippen LogP contribution in [0.1, 0.15) is 24.1 Å². The number of hydrogen-bond acceptors (Lipinski definition) is 2. The molecule has 100 valence electrons. The summed E-state index contributed by atoms with van der Waals surface area (Å²) in [7, 11) is 1.95. The summed E-state index contributed by atoms with van der Waals surface area (Å²) in [5.41, 5.74) is 2.34. The molecule has 1 N–H and O–H groups in total. The van der Waals surface area contributed by atoms with E-state index in [2.05, 4.69) is 46.4 Å². The van der Waals surface area contributed by atoms with Crippen LogP contribution < -0.4 is 10.1 Å². The van der Waals surface area contributed by atoms with E-state index in [0.29, 0.717) is 6.61 Å². The van der Waals surface area contributed by atoms with Gasteiger partial charge in [0.25, 0.3) is 0 Å². The van der Waals surface area contributed by atoms with Crippen molar-refractivity contribution in [3.05, 3.63) is 64.1 Å². The van der Waals surface area contributed by atoms with Gasteiger partial charge in [-0.3, -0.25) is 0 Å². The lowest BCUT2D eigenvalue weighted by molar-refractivity contribution is 0.300. The molecule has 2 rings (SSSR count). The number of hydrogen-bond donors (Lipinski definition) is 1. The molecule has 0 radical (unpaired) electrons. The Balaban J connectivity index is 2.09. The molecule has 2 aromatic rings. The van der Waals surface area contributed by atoms with Crippen molar-refractivity contribution >= 4 is 15.9 Å². The molecule has 2 aromatic carbocycles. The molecule has 19 heavy (non-hydrogen) atoms. The monoisotopic (exact) mass is 319 g/mol. The van der Waals surface area contributed by atoms with Gasteiger partial charge in [0.1, 0.15) is 12.4 Å². The number of ether oxygens (including phenoxy) is 1. The maximum Gasteiger partial charge on any atom is 0.124 e. The van der Waals surface area contributed by atoms with E-state index in [1.165, 1.54) is 5.56 Å². The summed E-state index contributed by atoms with van der Waals surface area (Å²) in [6.45, 7) is 2.71. The molecular weight excluding hydrogens is 302 g/mol. The lowest BCUT2D eigenvalue weighted by Crippen LogP contribution is -2.13. The van der Waals surface area contributed by atoms with Crippen LogP contribution in [0.25, 0.3) is 0 Å². The van der Waals surface area contributed by atoms with Crippen LogP contribution in [0, 0.1) is 0 Å². The lowest BCUT2D eigenvalue weighted by atomic mass is 10.1. The first-order valence-electron chi connectivity index (χ1n) is 6.34. The van der Waals surface area contributed by atoms with E-state index < -0.39 is 0 Å². The van der Waals surface area contributed by atoms with Gasteiger partial charge in [-0.1, -0.05) is 46.3 Å². The van der Waals surface area contributed by atoms with E-state index in [1.807, 2.05) is 37.4 Å². The average molecular weight is 320 g/mol. The second-order valence-corrected chi connectivity index (χ2v) is 5.38. The molecule has 3 heteroatoms. The van der Waals surface area contributed by atoms with E-state index in [9.17, 15) is 0 Å². The minimum absolute atomic E-state index is 0.279. The van der Waals surface area contributed by atoms with Crippen LogP contribution >= 0.6 is 15.9 Å². The van der Waals surface area contributed by atoms with Crippen LogP contribution in [0.15, 0.2) is 53.0 Å². The van der Waals surface area contributed by atoms with Gasteiger partial charge < -0.3 is 10.1 Å². The number of halogens is 1. The average Bonchev–Trinajstić information content (AvgIpc) is 2.46. The Morgan fingerprint density at radius 1 is 1.11 bits per heavy atom. The quantitative estimate of drug-likeness (QED) is 0.886. The number of rotatable bonds is 5. The van der Waals surface area contributed by atoms with Gasteiger partial charge in [-0.2, -0.15) is 0 Å². The third-order valence-corrected chi connectivity index (χ3v) is 3.65. The molecule has 0 bridgehead atoms. The Labute approximate surface area is 122 Å². The summed E-state index contributed by atoms with van der Waals surface area (Å²) in [5.74, 6) is 0.937. The predicted molar refractivity (Wildman–Crippen MR) is 82.4 cm³/mol. The third kappa shape index (κ3) is 3.82. The van der Waals surface area contributed by atoms with E-state index in [1.54, 1.807) is 0 Å². The first-order chi connectivity index (χ1) is 9.20. The first-order valence-corrected chi connectivity index (χ1v) is 7.13. The minimum Gasteiger partial charge on any atom is -0.489 e. The molecule has 0 aromatic heterocycles. The van der Waals surface area contributed by atoms with Gasteiger partial charge in [0.2, 0.25) is 0 Å². The largest absolute Gasteiger partial charge is 0.489 e. The smallest absolute Gasteiger partial charge is 0.124 e. The fourth-order valence-electron chi connectivity index (χ4n) is 1.87. The van der Waals surface area contributed by atoms with Crippen LogP contribution in [-0.4, -0.2) is 7.05 Å². The van der Waals surface area contributed by atoms with E-state index in [0.717, 1.165) is 15.8 Å². The molecule has 0 aliphatic rings. The SMILES string of the molecule is CNC(C)c1ccccc1OCc1ccc(Br)cc1. The van der Waals surface area contributed by atoms with E-state index in [4.69, 9.17) is 4.74 Å². The Morgan fingerprint density at radius 3 is 2.47 bits per heavy atom. The number of benzene rings is 2. The fraction of sp³-hybridized carbons (Fsp3) is 0.250. The van der Waals surface area contributed by atoms with Gasteiger partial charge in [0.05, 0.1) is 0 Å². The van der Waals surface area contributed by atoms with Crippen LogP contribution in [-0.2, 0) is 6.61 Å². The lowest BCUT2D eigenvalue weighted by Gasteiger charge is -2.16. The van der Waals surface area contributed by atoms with Gasteiger partial charge >= 0.3 is 0 Å². The van der Waals surface area contributed by atoms with Crippen molar-refractivity contribution in [3.63, 3.8) is 0 Å². The van der Waals surface area contributed by atoms with Gasteiger partial charge in [-0.25, -0.2) is 0 Å². The van der Waals surface area contributed by atoms with Gasteiger partial charge in [0.15, 0.2) is 0 Å². The van der Waals surface area contributed by atoms with Crippen molar-refractivity contribution in [2.45, 2.75) is 19.6 Å². The Hall–Kier alpha value is -1.32. The molecule has 1 unspecified atom stereocenters. The molecule has 0 amide bonds. The summed E-state index contributed by atoms with van der Waals surface area (Å²) in [4.78, 5) is 0. The van der Waals surface area contributed by atoms with Crippen molar-refractivity contribution in [1.82, 2.24) is 5.32 Å². The Bertz CT molecular complexity index is 525. The number of nitrogens with one attached hydrogen (secondary N) is 1. The Kier molecular flexibility index (Phi) is 5.00. The van der Waals surface area contributed by atoms with Crippen molar-refractivity contribution in [2.24, 2.45) is 0 Å². The van der Waals surface area contributed by atoms with Crippen LogP contribution in [0.3, 0.4) is 0 Å². The minimum atomic E-state index is 0.279. The van der Waals surface area contributed by atoms with Gasteiger partial charge in [-0.15, -0.1) is 0 Å². The normalized spacial score (nSPS) is 12.2. The molecule has 0 saturated heterocycles. The van der Waals surface area contributed by atoms with E-state index >= 15 is 0 Å². The second-order valence-electron chi connectivity index (χ2n) is 4.46. The summed E-state index contributed by atoms with van der Waals surface area (Å²) < 4.78 is 7.01. The van der Waals surface area contributed by atoms with Crippen molar-refractivity contribution < 1.29 is 4.74 Å². The summed E-state index contributed by atoms with van der Waals surface area (Å²) >= 11 is 3.43. The third-order valence-electron chi connectivity index (χ3n) is 3.13. The summed E-state index contributed by atoms with van der Waals surface area (Å²) in [5, 5.41) is 3.24. The molecule has 1 atom stereocenters. The molecule has 0 aliphatic carbocycles. The van der Waals surface area contributed by atoms with Crippen LogP contribution in [0.2, 0.25) is 0 Å². The summed E-state index contributed by atoms with van der Waals surface area (Å²) in [6.07, 6.45) is 0. The second kappa shape index (κ2) is 6.73. The highest BCUT2D eigenvalue weighted by molar-refractivity contribution is 9.10. The molecule has 0 aliphatic heterocycles. The van der Waals surface area contributed by atoms with E-state index in [-0.39, 0.29) is 6.04 Å². The molecule has 0 heterocycles. The maximum absolute atomic E-state index is 5.93.